The lowest BCUT2D eigenvalue weighted by Gasteiger charge is -2.30. The van der Waals surface area contributed by atoms with E-state index in [1.54, 1.807) is 11.8 Å². The first-order chi connectivity index (χ1) is 23.2. The minimum absolute atomic E-state index is 0.0343. The molecular formula is C23H40N7O16P3S. The van der Waals surface area contributed by atoms with Crippen molar-refractivity contribution >= 4 is 64.0 Å². The average Bonchev–Trinajstić information content (AvgIpc) is 3.57. The predicted molar refractivity (Wildman–Crippen MR) is 173 cm³/mol. The number of rotatable bonds is 20. The van der Waals surface area contributed by atoms with Gasteiger partial charge in [-0.05, 0) is 5.75 Å². The Bertz CT molecular complexity index is 1630. The van der Waals surface area contributed by atoms with Gasteiger partial charge in [0.05, 0.1) is 19.5 Å². The summed E-state index contributed by atoms with van der Waals surface area (Å²) in [5, 5.41) is 26.4. The number of nitrogens with two attached hydrogens (primary N) is 1. The number of hydrogen-bond donors (Lipinski definition) is 9. The van der Waals surface area contributed by atoms with E-state index >= 15 is 0 Å². The summed E-state index contributed by atoms with van der Waals surface area (Å²) in [5.74, 6) is 0.344. The van der Waals surface area contributed by atoms with E-state index in [9.17, 15) is 53.1 Å². The fourth-order valence-electron chi connectivity index (χ4n) is 4.35. The first-order valence-corrected chi connectivity index (χ1v) is 20.3. The van der Waals surface area contributed by atoms with Gasteiger partial charge >= 0.3 is 23.5 Å². The molecule has 2 amide bonds. The van der Waals surface area contributed by atoms with E-state index in [2.05, 4.69) is 34.4 Å². The van der Waals surface area contributed by atoms with Crippen LogP contribution in [0.3, 0.4) is 0 Å². The van der Waals surface area contributed by atoms with Crippen LogP contribution in [0, 0.1) is 5.41 Å². The van der Waals surface area contributed by atoms with E-state index in [-0.39, 0.29) is 35.9 Å². The van der Waals surface area contributed by atoms with Crippen LogP contribution in [-0.4, -0.2) is 123 Å². The van der Waals surface area contributed by atoms with Gasteiger partial charge in [-0.3, -0.25) is 27.7 Å². The van der Waals surface area contributed by atoms with E-state index in [1.807, 2.05) is 6.92 Å². The van der Waals surface area contributed by atoms with Crippen LogP contribution in [-0.2, 0) is 45.9 Å². The number of ether oxygens (including phenoxy) is 1. The molecular weight excluding hydrogens is 755 g/mol. The Balaban J connectivity index is 1.57. The number of fused-ring (bicyclic) bond motifs is 1. The van der Waals surface area contributed by atoms with Crippen LogP contribution in [0.4, 0.5) is 5.82 Å². The highest BCUT2D eigenvalue weighted by molar-refractivity contribution is 7.99. The van der Waals surface area contributed by atoms with E-state index in [0.717, 1.165) is 28.7 Å². The SMILES string of the molecule is CCSCCNC(=O)CCNC(=O)[C@H](O)C(C)(C)COP(=O)(O)OP(=O)(O)OC[C@H]1O[C@H](n2cnc3c(N)ncnc32)[C@H](O)[C@@H]1OP(=O)(O)O. The summed E-state index contributed by atoms with van der Waals surface area (Å²) in [6.45, 7) is 2.90. The third-order valence-corrected chi connectivity index (χ3v) is 10.9. The lowest BCUT2D eigenvalue weighted by Crippen LogP contribution is -2.46. The molecule has 0 spiro atoms. The van der Waals surface area contributed by atoms with Crippen molar-refractivity contribution in [3.8, 4) is 0 Å². The molecule has 27 heteroatoms. The number of thioether (sulfide) groups is 1. The number of phosphoric acid groups is 3. The first-order valence-electron chi connectivity index (χ1n) is 14.6. The van der Waals surface area contributed by atoms with Crippen molar-refractivity contribution in [2.24, 2.45) is 5.41 Å². The molecule has 0 aromatic carbocycles. The van der Waals surface area contributed by atoms with Crippen LogP contribution >= 0.6 is 35.2 Å². The van der Waals surface area contributed by atoms with Gasteiger partial charge in [-0.2, -0.15) is 16.1 Å². The van der Waals surface area contributed by atoms with Gasteiger partial charge in [0.15, 0.2) is 17.7 Å². The van der Waals surface area contributed by atoms with Crippen LogP contribution in [0.5, 0.6) is 0 Å². The number of anilines is 1. The van der Waals surface area contributed by atoms with Crippen LogP contribution in [0.25, 0.3) is 11.2 Å². The van der Waals surface area contributed by atoms with Crippen molar-refractivity contribution in [2.45, 2.75) is 57.8 Å². The number of hydrogen-bond acceptors (Lipinski definition) is 17. The molecule has 3 heterocycles. The number of carbonyl (C=O) groups excluding carboxylic acids is 2. The second-order valence-corrected chi connectivity index (χ2v) is 16.9. The third-order valence-electron chi connectivity index (χ3n) is 6.85. The zero-order valence-electron chi connectivity index (χ0n) is 26.9. The van der Waals surface area contributed by atoms with E-state index < -0.39 is 78.6 Å². The molecule has 23 nitrogen and oxygen atoms in total. The highest BCUT2D eigenvalue weighted by atomic mass is 32.2. The van der Waals surface area contributed by atoms with E-state index in [4.69, 9.17) is 19.5 Å². The quantitative estimate of drug-likeness (QED) is 0.0582. The van der Waals surface area contributed by atoms with Gasteiger partial charge in [0.2, 0.25) is 11.8 Å². The van der Waals surface area contributed by atoms with Gasteiger partial charge in [-0.1, -0.05) is 20.8 Å². The monoisotopic (exact) mass is 795 g/mol. The van der Waals surface area contributed by atoms with Crippen LogP contribution in [0.15, 0.2) is 12.7 Å². The number of nitrogens with one attached hydrogen (secondary N) is 2. The van der Waals surface area contributed by atoms with Crippen LogP contribution in [0.2, 0.25) is 0 Å². The Morgan fingerprint density at radius 3 is 2.44 bits per heavy atom. The van der Waals surface area contributed by atoms with Crippen molar-refractivity contribution in [1.82, 2.24) is 30.2 Å². The van der Waals surface area contributed by atoms with Gasteiger partial charge in [0, 0.05) is 30.7 Å². The highest BCUT2D eigenvalue weighted by Crippen LogP contribution is 2.61. The van der Waals surface area contributed by atoms with Gasteiger partial charge in [-0.25, -0.2) is 28.6 Å². The molecule has 50 heavy (non-hydrogen) atoms. The normalized spacial score (nSPS) is 22.9. The Labute approximate surface area is 289 Å². The Morgan fingerprint density at radius 1 is 1.10 bits per heavy atom. The van der Waals surface area contributed by atoms with Crippen LogP contribution < -0.4 is 16.4 Å². The van der Waals surface area contributed by atoms with Gasteiger partial charge < -0.3 is 50.9 Å². The Hall–Kier alpha value is -2.11. The zero-order valence-corrected chi connectivity index (χ0v) is 30.4. The summed E-state index contributed by atoms with van der Waals surface area (Å²) in [6.07, 6.45) is -6.69. The molecule has 2 unspecified atom stereocenters. The molecule has 1 fully saturated rings. The summed E-state index contributed by atoms with van der Waals surface area (Å²) in [6, 6.07) is 0. The average molecular weight is 796 g/mol. The minimum atomic E-state index is -5.54. The summed E-state index contributed by atoms with van der Waals surface area (Å²) in [5.41, 5.74) is 4.32. The molecule has 7 atom stereocenters. The Morgan fingerprint density at radius 2 is 1.78 bits per heavy atom. The summed E-state index contributed by atoms with van der Waals surface area (Å²) < 4.78 is 61.9. The lowest BCUT2D eigenvalue weighted by atomic mass is 9.87. The number of nitrogens with zero attached hydrogens (tertiary/aromatic N) is 4. The molecule has 3 rings (SSSR count). The maximum Gasteiger partial charge on any atom is 0.481 e. The molecule has 2 aromatic heterocycles. The fourth-order valence-corrected chi connectivity index (χ4v) is 7.71. The fraction of sp³-hybridized carbons (Fsp3) is 0.696. The number of aromatic nitrogens is 4. The number of carbonyl (C=O) groups is 2. The second-order valence-electron chi connectivity index (χ2n) is 11.3. The van der Waals surface area contributed by atoms with Gasteiger partial charge in [0.25, 0.3) is 0 Å². The first kappa shape index (κ1) is 42.3. The highest BCUT2D eigenvalue weighted by Gasteiger charge is 2.50. The summed E-state index contributed by atoms with van der Waals surface area (Å²) in [7, 11) is -16.3. The largest absolute Gasteiger partial charge is 0.481 e. The van der Waals surface area contributed by atoms with Gasteiger partial charge in [0.1, 0.15) is 36.3 Å². The van der Waals surface area contributed by atoms with E-state index in [1.165, 1.54) is 13.8 Å². The number of nitrogen functional groups attached to an aromatic ring is 1. The number of phosphoric ester groups is 3. The Kier molecular flexibility index (Phi) is 14.9. The van der Waals surface area contributed by atoms with Crippen molar-refractivity contribution in [1.29, 1.82) is 0 Å². The predicted octanol–water partition coefficient (Wildman–Crippen LogP) is -0.842. The van der Waals surface area contributed by atoms with Crippen molar-refractivity contribution in [2.75, 3.05) is 43.5 Å². The third kappa shape index (κ3) is 12.2. The number of aliphatic hydroxyl groups excluding tert-OH is 2. The van der Waals surface area contributed by atoms with Crippen molar-refractivity contribution < 1.29 is 75.7 Å². The molecule has 0 aliphatic carbocycles. The number of aliphatic hydroxyl groups is 2. The molecule has 1 aliphatic rings. The molecule has 1 saturated heterocycles. The second kappa shape index (κ2) is 17.6. The molecule has 2 aromatic rings. The maximum absolute atomic E-state index is 12.6. The zero-order chi connectivity index (χ0) is 37.5. The minimum Gasteiger partial charge on any atom is -0.386 e. The van der Waals surface area contributed by atoms with Crippen molar-refractivity contribution in [3.63, 3.8) is 0 Å². The molecule has 1 aliphatic heterocycles. The lowest BCUT2D eigenvalue weighted by molar-refractivity contribution is -0.137. The molecule has 0 radical (unpaired) electrons. The van der Waals surface area contributed by atoms with E-state index in [0.29, 0.717) is 6.54 Å². The molecule has 284 valence electrons. The smallest absolute Gasteiger partial charge is 0.386 e. The van der Waals surface area contributed by atoms with Crippen LogP contribution in [0.1, 0.15) is 33.4 Å². The standard InChI is InChI=1S/C23H40N7O16P3S/c1-4-50-8-7-25-14(31)5-6-26-21(34)18(33)23(2,3)10-43-49(40,41)46-48(38,39)42-9-13-17(45-47(35,36)37)16(32)22(44-13)30-12-29-15-19(24)27-11-28-20(15)30/h11-13,16-18,22,32-33H,4-10H2,1-3H3,(H,25,31)(H,26,34)(H,38,39)(H,40,41)(H2,24,27,28)(H2,35,36,37)/t13-,16-,17-,18+,22+/m1/s1. The summed E-state index contributed by atoms with van der Waals surface area (Å²) in [4.78, 5) is 75.1. The maximum atomic E-state index is 12.6. The molecule has 10 N–H and O–H groups in total. The summed E-state index contributed by atoms with van der Waals surface area (Å²) >= 11 is 1.64. The number of imidazole rings is 1. The van der Waals surface area contributed by atoms with Gasteiger partial charge in [-0.15, -0.1) is 0 Å². The molecule has 0 bridgehead atoms. The molecule has 0 saturated carbocycles. The number of amides is 2. The van der Waals surface area contributed by atoms with Crippen molar-refractivity contribution in [3.05, 3.63) is 12.7 Å². The topological polar surface area (TPSA) is 347 Å².